The van der Waals surface area contributed by atoms with Crippen molar-refractivity contribution in [3.63, 3.8) is 0 Å². The van der Waals surface area contributed by atoms with Crippen molar-refractivity contribution >= 4 is 5.97 Å². The molecule has 0 atom stereocenters. The molecule has 1 heterocycles. The lowest BCUT2D eigenvalue weighted by Gasteiger charge is -2.07. The summed E-state index contributed by atoms with van der Waals surface area (Å²) in [4.78, 5) is 15.4. The maximum atomic E-state index is 11.9. The number of aromatic nitrogens is 2. The van der Waals surface area contributed by atoms with E-state index < -0.39 is 18.8 Å². The van der Waals surface area contributed by atoms with Crippen LogP contribution in [0.3, 0.4) is 0 Å². The van der Waals surface area contributed by atoms with Gasteiger partial charge in [-0.1, -0.05) is 5.16 Å². The molecule has 0 aliphatic heterocycles. The fourth-order valence-corrected chi connectivity index (χ4v) is 1.39. The van der Waals surface area contributed by atoms with Crippen LogP contribution in [-0.4, -0.2) is 28.9 Å². The highest BCUT2D eigenvalue weighted by Gasteiger charge is 2.29. The molecule has 0 bridgehead atoms. The highest BCUT2D eigenvalue weighted by Crippen LogP contribution is 2.19. The van der Waals surface area contributed by atoms with Gasteiger partial charge in [0.15, 0.2) is 12.4 Å². The van der Waals surface area contributed by atoms with E-state index >= 15 is 0 Å². The number of carbonyl (C=O) groups is 1. The van der Waals surface area contributed by atoms with Gasteiger partial charge >= 0.3 is 12.1 Å². The Bertz CT molecular complexity index is 605. The van der Waals surface area contributed by atoms with Crippen LogP contribution in [0.25, 0.3) is 11.5 Å². The highest BCUT2D eigenvalue weighted by atomic mass is 19.4. The molecule has 5 nitrogen and oxygen atoms in total. The third-order valence-corrected chi connectivity index (χ3v) is 2.26. The number of hydrogen-bond acceptors (Lipinski definition) is 5. The third kappa shape index (κ3) is 3.56. The second-order valence-electron chi connectivity index (χ2n) is 3.92. The Kier molecular flexibility index (Phi) is 3.73. The highest BCUT2D eigenvalue weighted by molar-refractivity contribution is 5.89. The van der Waals surface area contributed by atoms with Crippen LogP contribution in [0.1, 0.15) is 16.2 Å². The maximum absolute atomic E-state index is 11.9. The minimum Gasteiger partial charge on any atom is -0.452 e. The first-order chi connectivity index (χ1) is 9.35. The number of hydrogen-bond donors (Lipinski definition) is 0. The molecule has 2 rings (SSSR count). The molecular formula is C12H9F3N2O3. The molecule has 0 radical (unpaired) electrons. The zero-order valence-corrected chi connectivity index (χ0v) is 10.3. The van der Waals surface area contributed by atoms with Crippen LogP contribution in [0, 0.1) is 6.92 Å². The van der Waals surface area contributed by atoms with Gasteiger partial charge in [-0.2, -0.15) is 18.2 Å². The van der Waals surface area contributed by atoms with Crippen molar-refractivity contribution in [2.45, 2.75) is 13.1 Å². The summed E-state index contributed by atoms with van der Waals surface area (Å²) in [6.07, 6.45) is -4.54. The molecule has 0 amide bonds. The Labute approximate surface area is 111 Å². The monoisotopic (exact) mass is 286 g/mol. The molecule has 0 fully saturated rings. The van der Waals surface area contributed by atoms with Crippen molar-refractivity contribution in [2.24, 2.45) is 0 Å². The summed E-state index contributed by atoms with van der Waals surface area (Å²) >= 11 is 0. The van der Waals surface area contributed by atoms with Crippen LogP contribution in [0.15, 0.2) is 28.8 Å². The summed E-state index contributed by atoms with van der Waals surface area (Å²) in [6, 6.07) is 5.62. The smallest absolute Gasteiger partial charge is 0.422 e. The maximum Gasteiger partial charge on any atom is 0.422 e. The molecule has 0 aliphatic rings. The number of esters is 1. The Hall–Kier alpha value is -2.38. The number of carbonyl (C=O) groups excluding carboxylic acids is 1. The first kappa shape index (κ1) is 14.0. The summed E-state index contributed by atoms with van der Waals surface area (Å²) in [7, 11) is 0. The average molecular weight is 286 g/mol. The van der Waals surface area contributed by atoms with Crippen molar-refractivity contribution in [1.82, 2.24) is 10.1 Å². The summed E-state index contributed by atoms with van der Waals surface area (Å²) in [5.74, 6) is -0.332. The predicted octanol–water partition coefficient (Wildman–Crippen LogP) is 2.76. The Morgan fingerprint density at radius 3 is 2.45 bits per heavy atom. The van der Waals surface area contributed by atoms with Gasteiger partial charge in [0.05, 0.1) is 5.56 Å². The largest absolute Gasteiger partial charge is 0.452 e. The molecule has 0 saturated carbocycles. The van der Waals surface area contributed by atoms with E-state index in [1.165, 1.54) is 24.3 Å². The van der Waals surface area contributed by atoms with Gasteiger partial charge in [-0.3, -0.25) is 0 Å². The fraction of sp³-hybridized carbons (Fsp3) is 0.250. The van der Waals surface area contributed by atoms with E-state index in [9.17, 15) is 18.0 Å². The Balaban J connectivity index is 2.06. The zero-order valence-electron chi connectivity index (χ0n) is 10.3. The number of aryl methyl sites for hydroxylation is 1. The van der Waals surface area contributed by atoms with Crippen LogP contribution in [0.2, 0.25) is 0 Å². The first-order valence-corrected chi connectivity index (χ1v) is 5.50. The lowest BCUT2D eigenvalue weighted by molar-refractivity contribution is -0.161. The van der Waals surface area contributed by atoms with E-state index in [-0.39, 0.29) is 11.5 Å². The van der Waals surface area contributed by atoms with Gasteiger partial charge in [0.25, 0.3) is 5.89 Å². The third-order valence-electron chi connectivity index (χ3n) is 2.26. The predicted molar refractivity (Wildman–Crippen MR) is 60.8 cm³/mol. The number of benzene rings is 1. The van der Waals surface area contributed by atoms with Gasteiger partial charge in [0, 0.05) is 5.56 Å². The molecule has 0 unspecified atom stereocenters. The summed E-state index contributed by atoms with van der Waals surface area (Å²) in [5.41, 5.74) is 0.562. The van der Waals surface area contributed by atoms with Crippen molar-refractivity contribution in [2.75, 3.05) is 6.61 Å². The minimum absolute atomic E-state index is 0.00855. The van der Waals surface area contributed by atoms with Gasteiger partial charge in [-0.05, 0) is 31.2 Å². The van der Waals surface area contributed by atoms with Gasteiger partial charge in [0.1, 0.15) is 0 Å². The van der Waals surface area contributed by atoms with Gasteiger partial charge < -0.3 is 9.26 Å². The topological polar surface area (TPSA) is 65.2 Å². The SMILES string of the molecule is Cc1noc(-c2ccc(C(=O)OCC(F)(F)F)cc2)n1. The molecular weight excluding hydrogens is 277 g/mol. The van der Waals surface area contributed by atoms with Crippen molar-refractivity contribution in [3.8, 4) is 11.5 Å². The van der Waals surface area contributed by atoms with Crippen LogP contribution in [-0.2, 0) is 4.74 Å². The first-order valence-electron chi connectivity index (χ1n) is 5.50. The molecule has 1 aromatic carbocycles. The van der Waals surface area contributed by atoms with Crippen molar-refractivity contribution in [1.29, 1.82) is 0 Å². The summed E-state index contributed by atoms with van der Waals surface area (Å²) in [6.45, 7) is 0.0340. The molecule has 0 spiro atoms. The average Bonchev–Trinajstić information content (AvgIpc) is 2.82. The number of alkyl halides is 3. The van der Waals surface area contributed by atoms with Crippen molar-refractivity contribution in [3.05, 3.63) is 35.7 Å². The zero-order chi connectivity index (χ0) is 14.8. The number of rotatable bonds is 3. The number of nitrogens with zero attached hydrogens (tertiary/aromatic N) is 2. The molecule has 0 N–H and O–H groups in total. The lowest BCUT2D eigenvalue weighted by Crippen LogP contribution is -2.20. The molecule has 106 valence electrons. The van der Waals surface area contributed by atoms with Gasteiger partial charge in [0.2, 0.25) is 0 Å². The standard InChI is InChI=1S/C12H9F3N2O3/c1-7-16-10(20-17-7)8-2-4-9(5-3-8)11(18)19-6-12(13,14)15/h2-5H,6H2,1H3. The van der Waals surface area contributed by atoms with Crippen LogP contribution in [0.5, 0.6) is 0 Å². The lowest BCUT2D eigenvalue weighted by atomic mass is 10.1. The van der Waals surface area contributed by atoms with E-state index in [2.05, 4.69) is 14.9 Å². The number of halogens is 3. The number of ether oxygens (including phenoxy) is 1. The van der Waals surface area contributed by atoms with E-state index in [0.29, 0.717) is 11.4 Å². The molecule has 2 aromatic rings. The van der Waals surface area contributed by atoms with Gasteiger partial charge in [-0.15, -0.1) is 0 Å². The molecule has 20 heavy (non-hydrogen) atoms. The molecule has 0 aliphatic carbocycles. The normalized spacial score (nSPS) is 11.4. The fourth-order valence-electron chi connectivity index (χ4n) is 1.39. The Morgan fingerprint density at radius 1 is 1.30 bits per heavy atom. The summed E-state index contributed by atoms with van der Waals surface area (Å²) < 4.78 is 44.8. The van der Waals surface area contributed by atoms with E-state index in [0.717, 1.165) is 0 Å². The second kappa shape index (κ2) is 5.32. The molecule has 1 aromatic heterocycles. The van der Waals surface area contributed by atoms with E-state index in [1.54, 1.807) is 6.92 Å². The molecule has 8 heteroatoms. The van der Waals surface area contributed by atoms with Crippen LogP contribution in [0.4, 0.5) is 13.2 Å². The van der Waals surface area contributed by atoms with E-state index in [1.807, 2.05) is 0 Å². The van der Waals surface area contributed by atoms with E-state index in [4.69, 9.17) is 4.52 Å². The van der Waals surface area contributed by atoms with Crippen molar-refractivity contribution < 1.29 is 27.2 Å². The Morgan fingerprint density at radius 2 is 1.95 bits per heavy atom. The van der Waals surface area contributed by atoms with Gasteiger partial charge in [-0.25, -0.2) is 4.79 Å². The molecule has 0 saturated heterocycles. The second-order valence-corrected chi connectivity index (χ2v) is 3.92. The summed E-state index contributed by atoms with van der Waals surface area (Å²) in [5, 5.41) is 3.60. The minimum atomic E-state index is -4.54. The quantitative estimate of drug-likeness (QED) is 0.812. The van der Waals surface area contributed by atoms with Crippen LogP contribution >= 0.6 is 0 Å². The van der Waals surface area contributed by atoms with Crippen LogP contribution < -0.4 is 0 Å².